The zero-order valence-electron chi connectivity index (χ0n) is 23.2. The molecule has 1 aliphatic heterocycles. The monoisotopic (exact) mass is 603 g/mol. The molecule has 0 spiro atoms. The summed E-state index contributed by atoms with van der Waals surface area (Å²) >= 11 is 0. The van der Waals surface area contributed by atoms with Crippen molar-refractivity contribution in [2.75, 3.05) is 19.0 Å². The number of carbonyl (C=O) groups is 2. The van der Waals surface area contributed by atoms with Gasteiger partial charge in [0.15, 0.2) is 0 Å². The molecule has 42 heavy (non-hydrogen) atoms. The number of aldehydes is 1. The number of nitrogens with zero attached hydrogens (tertiary/aromatic N) is 2. The number of rotatable bonds is 9. The molecule has 214 valence electrons. The van der Waals surface area contributed by atoms with Gasteiger partial charge in [-0.05, 0) is 72.6 Å². The first-order valence-corrected chi connectivity index (χ1v) is 12.4. The molecule has 3 aromatic carbocycles. The number of halogens is 3. The van der Waals surface area contributed by atoms with E-state index in [1.165, 1.54) is 37.4 Å². The van der Waals surface area contributed by atoms with Crippen molar-refractivity contribution in [3.8, 4) is 11.1 Å². The van der Waals surface area contributed by atoms with Crippen molar-refractivity contribution < 1.29 is 79.0 Å². The van der Waals surface area contributed by atoms with Crippen LogP contribution in [0.3, 0.4) is 0 Å². The van der Waals surface area contributed by atoms with Gasteiger partial charge in [-0.25, -0.2) is 13.2 Å². The van der Waals surface area contributed by atoms with Gasteiger partial charge in [0.05, 0.1) is 5.92 Å². The molecule has 0 saturated heterocycles. The molecule has 0 aliphatic carbocycles. The molecule has 4 aromatic rings. The van der Waals surface area contributed by atoms with E-state index in [0.717, 1.165) is 12.4 Å². The summed E-state index contributed by atoms with van der Waals surface area (Å²) < 4.78 is 41.7. The first-order chi connectivity index (χ1) is 19.4. The SMILES string of the molecule is CN.N.O=Cc1cccc(-c2cccnc2C(Cc2cc(F)cc(F)c2)[N-]OCC2C(=O)Nc3ccc(F)cc32)c1.[K+]. The average Bonchev–Trinajstić information content (AvgIpc) is 3.27. The average molecular weight is 604 g/mol. The Labute approximate surface area is 284 Å². The molecule has 0 bridgehead atoms. The summed E-state index contributed by atoms with van der Waals surface area (Å²) in [6.07, 6.45) is 2.32. The van der Waals surface area contributed by atoms with Gasteiger partial charge in [0, 0.05) is 41.4 Å². The van der Waals surface area contributed by atoms with Crippen molar-refractivity contribution in [1.29, 1.82) is 0 Å². The Morgan fingerprint density at radius 2 is 1.74 bits per heavy atom. The van der Waals surface area contributed by atoms with Crippen LogP contribution >= 0.6 is 0 Å². The van der Waals surface area contributed by atoms with Crippen molar-refractivity contribution in [3.63, 3.8) is 0 Å². The van der Waals surface area contributed by atoms with Crippen LogP contribution in [0.4, 0.5) is 18.9 Å². The Balaban J connectivity index is 0.00000151. The second-order valence-electron chi connectivity index (χ2n) is 8.85. The molecule has 0 saturated carbocycles. The number of pyridine rings is 1. The summed E-state index contributed by atoms with van der Waals surface area (Å²) in [4.78, 5) is 33.9. The number of hydroxylamine groups is 1. The van der Waals surface area contributed by atoms with Gasteiger partial charge >= 0.3 is 51.4 Å². The molecule has 1 aromatic heterocycles. The van der Waals surface area contributed by atoms with E-state index < -0.39 is 29.4 Å². The van der Waals surface area contributed by atoms with Crippen molar-refractivity contribution in [3.05, 3.63) is 124 Å². The predicted octanol–water partition coefficient (Wildman–Crippen LogP) is 3.04. The second-order valence-corrected chi connectivity index (χ2v) is 8.85. The second kappa shape index (κ2) is 16.7. The van der Waals surface area contributed by atoms with Crippen LogP contribution in [0.15, 0.2) is 79.0 Å². The third kappa shape index (κ3) is 8.63. The molecule has 2 unspecified atom stereocenters. The number of amides is 1. The molecule has 1 amide bonds. The zero-order chi connectivity index (χ0) is 28.6. The fourth-order valence-corrected chi connectivity index (χ4v) is 4.51. The number of hydrogen-bond acceptors (Lipinski definition) is 6. The van der Waals surface area contributed by atoms with Crippen LogP contribution < -0.4 is 68.6 Å². The van der Waals surface area contributed by atoms with Gasteiger partial charge in [-0.2, -0.15) is 0 Å². The van der Waals surface area contributed by atoms with E-state index in [0.29, 0.717) is 39.2 Å². The van der Waals surface area contributed by atoms with Crippen LogP contribution in [0.25, 0.3) is 16.6 Å². The van der Waals surface area contributed by atoms with E-state index in [9.17, 15) is 22.8 Å². The van der Waals surface area contributed by atoms with E-state index in [-0.39, 0.29) is 76.5 Å². The number of fused-ring (bicyclic) bond motifs is 1. The Bertz CT molecular complexity index is 1510. The number of hydrogen-bond donors (Lipinski definition) is 3. The van der Waals surface area contributed by atoms with Crippen LogP contribution in [-0.4, -0.2) is 30.8 Å². The third-order valence-electron chi connectivity index (χ3n) is 6.25. The molecule has 0 radical (unpaired) electrons. The first kappa shape index (κ1) is 35.4. The number of benzene rings is 3. The standard InChI is InChI=1S/C29H21F3N3O3.CH5N.K.H3N/c30-20-6-7-26-24(14-20)25(29(37)34-26)16-38-35-27(12-18-10-21(31)13-22(32)11-18)28-23(5-2-8-33-28)19-4-1-3-17(9-19)15-36;1-2;;/h1-11,13-15,25,27H,12,16H2,(H,34,37);2H2,1H3;;1H3/q-1;;+1;. The van der Waals surface area contributed by atoms with Crippen LogP contribution in [0, 0.1) is 17.5 Å². The quantitative estimate of drug-likeness (QED) is 0.153. The van der Waals surface area contributed by atoms with E-state index in [1.807, 2.05) is 6.07 Å². The fourth-order valence-electron chi connectivity index (χ4n) is 4.51. The smallest absolute Gasteiger partial charge is 0.526 e. The van der Waals surface area contributed by atoms with Crippen molar-refractivity contribution in [1.82, 2.24) is 11.1 Å². The van der Waals surface area contributed by atoms with Crippen LogP contribution in [-0.2, 0) is 16.1 Å². The molecule has 2 atom stereocenters. The Kier molecular flexibility index (Phi) is 14.1. The predicted molar refractivity (Wildman–Crippen MR) is 150 cm³/mol. The number of nitrogens with one attached hydrogen (secondary N) is 1. The van der Waals surface area contributed by atoms with Crippen LogP contribution in [0.1, 0.15) is 39.1 Å². The summed E-state index contributed by atoms with van der Waals surface area (Å²) in [6, 6.07) is 16.8. The Hall–Kier alpha value is -2.78. The van der Waals surface area contributed by atoms with Gasteiger partial charge in [-0.15, -0.1) is 0 Å². The van der Waals surface area contributed by atoms with Gasteiger partial charge in [0.25, 0.3) is 0 Å². The minimum Gasteiger partial charge on any atom is -0.526 e. The van der Waals surface area contributed by atoms with Crippen molar-refractivity contribution in [2.45, 2.75) is 18.4 Å². The van der Waals surface area contributed by atoms with Crippen molar-refractivity contribution >= 4 is 17.9 Å². The molecular weight excluding hydrogens is 574 g/mol. The van der Waals surface area contributed by atoms with Gasteiger partial charge < -0.3 is 27.5 Å². The molecule has 2 heterocycles. The van der Waals surface area contributed by atoms with Gasteiger partial charge in [-0.3, -0.25) is 14.6 Å². The first-order valence-electron chi connectivity index (χ1n) is 12.4. The minimum absolute atomic E-state index is 0. The van der Waals surface area contributed by atoms with E-state index in [1.54, 1.807) is 36.5 Å². The maximum absolute atomic E-state index is 14.0. The molecule has 8 nitrogen and oxygen atoms in total. The number of nitrogens with two attached hydrogens (primary N) is 1. The largest absolute Gasteiger partial charge is 1.00 e. The maximum Gasteiger partial charge on any atom is 1.00 e. The summed E-state index contributed by atoms with van der Waals surface area (Å²) in [5.41, 5.74) is 12.4. The van der Waals surface area contributed by atoms with Gasteiger partial charge in [0.2, 0.25) is 5.91 Å². The molecule has 6 N–H and O–H groups in total. The third-order valence-corrected chi connectivity index (χ3v) is 6.25. The summed E-state index contributed by atoms with van der Waals surface area (Å²) in [5.74, 6) is -3.09. The zero-order valence-corrected chi connectivity index (χ0v) is 26.3. The summed E-state index contributed by atoms with van der Waals surface area (Å²) in [5, 5.41) is 2.69. The topological polar surface area (TPSA) is 143 Å². The minimum atomic E-state index is -0.830. The fraction of sp³-hybridized carbons (Fsp3) is 0.167. The van der Waals surface area contributed by atoms with Crippen LogP contribution in [0.5, 0.6) is 0 Å². The molecular formula is C30H29F3KN5O3. The number of carbonyl (C=O) groups excluding carboxylic acids is 2. The van der Waals surface area contributed by atoms with Crippen molar-refractivity contribution in [2.24, 2.45) is 5.73 Å². The molecule has 5 rings (SSSR count). The maximum atomic E-state index is 14.0. The van der Waals surface area contributed by atoms with Crippen LogP contribution in [0.2, 0.25) is 0 Å². The number of aromatic nitrogens is 1. The number of anilines is 1. The molecule has 0 fully saturated rings. The normalized spacial score (nSPS) is 13.8. The molecule has 1 aliphatic rings. The Morgan fingerprint density at radius 3 is 2.45 bits per heavy atom. The summed E-state index contributed by atoms with van der Waals surface area (Å²) in [6.45, 7) is -0.181. The van der Waals surface area contributed by atoms with Gasteiger partial charge in [0.1, 0.15) is 23.7 Å². The van der Waals surface area contributed by atoms with Gasteiger partial charge in [-0.1, -0.05) is 30.3 Å². The Morgan fingerprint density at radius 1 is 1.00 bits per heavy atom. The van der Waals surface area contributed by atoms with E-state index >= 15 is 0 Å². The van der Waals surface area contributed by atoms with E-state index in [2.05, 4.69) is 21.5 Å². The molecule has 12 heteroatoms. The van der Waals surface area contributed by atoms with E-state index in [4.69, 9.17) is 4.84 Å². The summed E-state index contributed by atoms with van der Waals surface area (Å²) in [7, 11) is 1.50.